The maximum absolute atomic E-state index is 12.6. The molecule has 0 aliphatic carbocycles. The van der Waals surface area contributed by atoms with E-state index in [-0.39, 0.29) is 12.3 Å². The summed E-state index contributed by atoms with van der Waals surface area (Å²) in [6.07, 6.45) is 0.278. The largest absolute Gasteiger partial charge is 0.496 e. The van der Waals surface area contributed by atoms with Gasteiger partial charge in [-0.15, -0.1) is 0 Å². The Bertz CT molecular complexity index is 467. The molecule has 0 aromatic heterocycles. The van der Waals surface area contributed by atoms with Crippen LogP contribution in [0.25, 0.3) is 0 Å². The van der Waals surface area contributed by atoms with Gasteiger partial charge in [0.05, 0.1) is 33.9 Å². The van der Waals surface area contributed by atoms with Crippen LogP contribution < -0.4 is 9.47 Å². The van der Waals surface area contributed by atoms with Gasteiger partial charge in [-0.05, 0) is 18.1 Å². The van der Waals surface area contributed by atoms with Crippen molar-refractivity contribution in [1.82, 2.24) is 4.90 Å². The molecule has 0 saturated carbocycles. The van der Waals surface area contributed by atoms with E-state index >= 15 is 0 Å². The molecule has 1 aliphatic rings. The maximum atomic E-state index is 12.6. The van der Waals surface area contributed by atoms with Gasteiger partial charge in [-0.25, -0.2) is 0 Å². The molecule has 21 heavy (non-hydrogen) atoms. The quantitative estimate of drug-likeness (QED) is 0.848. The minimum absolute atomic E-state index is 0.0788. The lowest BCUT2D eigenvalue weighted by Gasteiger charge is -2.23. The SMILES string of the molecule is COc1cccc(OC)c1CC(=O)N1CCOCC(C)C1. The van der Waals surface area contributed by atoms with Gasteiger partial charge in [-0.3, -0.25) is 4.79 Å². The molecule has 1 unspecified atom stereocenters. The molecule has 116 valence electrons. The summed E-state index contributed by atoms with van der Waals surface area (Å²) >= 11 is 0. The zero-order chi connectivity index (χ0) is 15.2. The zero-order valence-corrected chi connectivity index (χ0v) is 12.9. The number of amides is 1. The first kappa shape index (κ1) is 15.6. The number of carbonyl (C=O) groups excluding carboxylic acids is 1. The molecule has 1 heterocycles. The average Bonchev–Trinajstić information content (AvgIpc) is 2.72. The van der Waals surface area contributed by atoms with Gasteiger partial charge in [0.1, 0.15) is 11.5 Å². The van der Waals surface area contributed by atoms with Crippen LogP contribution in [0.5, 0.6) is 11.5 Å². The number of hydrogen-bond donors (Lipinski definition) is 0. The summed E-state index contributed by atoms with van der Waals surface area (Å²) in [6, 6.07) is 5.55. The minimum Gasteiger partial charge on any atom is -0.496 e. The summed E-state index contributed by atoms with van der Waals surface area (Å²) in [6.45, 7) is 4.77. The van der Waals surface area contributed by atoms with Crippen LogP contribution in [0.2, 0.25) is 0 Å². The molecule has 1 aromatic rings. The summed E-state index contributed by atoms with van der Waals surface area (Å²) in [4.78, 5) is 14.4. The molecule has 1 saturated heterocycles. The monoisotopic (exact) mass is 293 g/mol. The summed E-state index contributed by atoms with van der Waals surface area (Å²) in [5, 5.41) is 0. The highest BCUT2D eigenvalue weighted by Crippen LogP contribution is 2.29. The lowest BCUT2D eigenvalue weighted by Crippen LogP contribution is -2.36. The van der Waals surface area contributed by atoms with Crippen LogP contribution in [0.4, 0.5) is 0 Å². The Hall–Kier alpha value is -1.75. The Balaban J connectivity index is 2.15. The molecule has 1 aromatic carbocycles. The number of methoxy groups -OCH3 is 2. The third-order valence-electron chi connectivity index (χ3n) is 3.65. The molecule has 1 atom stereocenters. The highest BCUT2D eigenvalue weighted by molar-refractivity contribution is 5.80. The van der Waals surface area contributed by atoms with Gasteiger partial charge in [0.2, 0.25) is 5.91 Å². The smallest absolute Gasteiger partial charge is 0.227 e. The number of rotatable bonds is 4. The van der Waals surface area contributed by atoms with Crippen molar-refractivity contribution in [2.75, 3.05) is 40.5 Å². The number of carbonyl (C=O) groups is 1. The highest BCUT2D eigenvalue weighted by atomic mass is 16.5. The van der Waals surface area contributed by atoms with E-state index in [1.165, 1.54) is 0 Å². The highest BCUT2D eigenvalue weighted by Gasteiger charge is 2.22. The Morgan fingerprint density at radius 2 is 2.00 bits per heavy atom. The Morgan fingerprint density at radius 1 is 1.33 bits per heavy atom. The van der Waals surface area contributed by atoms with Crippen LogP contribution in [0.3, 0.4) is 0 Å². The Morgan fingerprint density at radius 3 is 2.62 bits per heavy atom. The predicted octanol–water partition coefficient (Wildman–Crippen LogP) is 1.74. The second-order valence-corrected chi connectivity index (χ2v) is 5.34. The van der Waals surface area contributed by atoms with Gasteiger partial charge >= 0.3 is 0 Å². The van der Waals surface area contributed by atoms with Gasteiger partial charge in [0.15, 0.2) is 0 Å². The van der Waals surface area contributed by atoms with E-state index in [9.17, 15) is 4.79 Å². The summed E-state index contributed by atoms with van der Waals surface area (Å²) < 4.78 is 16.2. The van der Waals surface area contributed by atoms with Crippen LogP contribution in [-0.2, 0) is 16.0 Å². The predicted molar refractivity (Wildman–Crippen MR) is 79.8 cm³/mol. The average molecular weight is 293 g/mol. The minimum atomic E-state index is 0.0788. The number of hydrogen-bond acceptors (Lipinski definition) is 4. The number of benzene rings is 1. The van der Waals surface area contributed by atoms with Gasteiger partial charge in [0, 0.05) is 18.7 Å². The zero-order valence-electron chi connectivity index (χ0n) is 12.9. The number of nitrogens with zero attached hydrogens (tertiary/aromatic N) is 1. The number of ether oxygens (including phenoxy) is 3. The molecule has 1 fully saturated rings. The van der Waals surface area contributed by atoms with Gasteiger partial charge in [-0.2, -0.15) is 0 Å². The van der Waals surface area contributed by atoms with Gasteiger partial charge in [0.25, 0.3) is 0 Å². The van der Waals surface area contributed by atoms with Crippen molar-refractivity contribution < 1.29 is 19.0 Å². The molecule has 1 aliphatic heterocycles. The van der Waals surface area contributed by atoms with Crippen LogP contribution in [0.1, 0.15) is 12.5 Å². The molecular formula is C16H23NO4. The van der Waals surface area contributed by atoms with E-state index in [1.807, 2.05) is 23.1 Å². The summed E-state index contributed by atoms with van der Waals surface area (Å²) in [7, 11) is 3.20. The lowest BCUT2D eigenvalue weighted by molar-refractivity contribution is -0.130. The molecule has 0 bridgehead atoms. The normalized spacial score (nSPS) is 19.0. The van der Waals surface area contributed by atoms with Crippen molar-refractivity contribution in [3.8, 4) is 11.5 Å². The molecule has 0 radical (unpaired) electrons. The summed E-state index contributed by atoms with van der Waals surface area (Å²) in [5.74, 6) is 1.80. The standard InChI is InChI=1S/C16H23NO4/c1-12-10-17(7-8-21-11-12)16(18)9-13-14(19-2)5-4-6-15(13)20-3/h4-6,12H,7-11H2,1-3H3. The topological polar surface area (TPSA) is 48.0 Å². The van der Waals surface area contributed by atoms with Gasteiger partial charge < -0.3 is 19.1 Å². The molecule has 5 heteroatoms. The molecule has 0 spiro atoms. The molecule has 5 nitrogen and oxygen atoms in total. The molecular weight excluding hydrogens is 270 g/mol. The fraction of sp³-hybridized carbons (Fsp3) is 0.562. The Labute approximate surface area is 125 Å². The first-order valence-electron chi connectivity index (χ1n) is 7.21. The van der Waals surface area contributed by atoms with E-state index in [1.54, 1.807) is 14.2 Å². The van der Waals surface area contributed by atoms with Crippen LogP contribution in [0, 0.1) is 5.92 Å². The van der Waals surface area contributed by atoms with E-state index in [0.717, 1.165) is 12.1 Å². The fourth-order valence-corrected chi connectivity index (χ4v) is 2.57. The fourth-order valence-electron chi connectivity index (χ4n) is 2.57. The van der Waals surface area contributed by atoms with E-state index in [0.29, 0.717) is 37.2 Å². The first-order chi connectivity index (χ1) is 10.2. The van der Waals surface area contributed by atoms with Crippen molar-refractivity contribution in [3.63, 3.8) is 0 Å². The molecule has 0 N–H and O–H groups in total. The van der Waals surface area contributed by atoms with Crippen LogP contribution in [-0.4, -0.2) is 51.3 Å². The first-order valence-corrected chi connectivity index (χ1v) is 7.21. The third kappa shape index (κ3) is 3.88. The summed E-state index contributed by atoms with van der Waals surface area (Å²) in [5.41, 5.74) is 0.797. The van der Waals surface area contributed by atoms with Crippen LogP contribution >= 0.6 is 0 Å². The van der Waals surface area contributed by atoms with Crippen molar-refractivity contribution in [2.45, 2.75) is 13.3 Å². The van der Waals surface area contributed by atoms with E-state index in [2.05, 4.69) is 6.92 Å². The molecule has 2 rings (SSSR count). The van der Waals surface area contributed by atoms with Crippen molar-refractivity contribution in [3.05, 3.63) is 23.8 Å². The van der Waals surface area contributed by atoms with E-state index in [4.69, 9.17) is 14.2 Å². The van der Waals surface area contributed by atoms with Crippen molar-refractivity contribution in [2.24, 2.45) is 5.92 Å². The van der Waals surface area contributed by atoms with Crippen molar-refractivity contribution >= 4 is 5.91 Å². The third-order valence-corrected chi connectivity index (χ3v) is 3.65. The second-order valence-electron chi connectivity index (χ2n) is 5.34. The van der Waals surface area contributed by atoms with Crippen molar-refractivity contribution in [1.29, 1.82) is 0 Å². The Kier molecular flexibility index (Phi) is 5.44. The second kappa shape index (κ2) is 7.31. The van der Waals surface area contributed by atoms with Crippen LogP contribution in [0.15, 0.2) is 18.2 Å². The molecule has 1 amide bonds. The van der Waals surface area contributed by atoms with E-state index < -0.39 is 0 Å². The van der Waals surface area contributed by atoms with Gasteiger partial charge in [-0.1, -0.05) is 13.0 Å². The lowest BCUT2D eigenvalue weighted by atomic mass is 10.1. The maximum Gasteiger partial charge on any atom is 0.227 e.